The highest BCUT2D eigenvalue weighted by molar-refractivity contribution is 5.86. The topological polar surface area (TPSA) is 20.3 Å². The first-order valence-electron chi connectivity index (χ1n) is 7.27. The molecule has 0 amide bonds. The molecule has 1 heterocycles. The number of rotatable bonds is 3. The lowest BCUT2D eigenvalue weighted by Gasteiger charge is -2.32. The van der Waals surface area contributed by atoms with E-state index in [9.17, 15) is 9.18 Å². The van der Waals surface area contributed by atoms with Gasteiger partial charge in [-0.1, -0.05) is 42.5 Å². The van der Waals surface area contributed by atoms with Crippen molar-refractivity contribution in [3.63, 3.8) is 0 Å². The van der Waals surface area contributed by atoms with Crippen molar-refractivity contribution in [3.05, 3.63) is 71.5 Å². The molecule has 108 valence electrons. The molecular formula is C18H18FNO. The Balaban J connectivity index is 1.72. The van der Waals surface area contributed by atoms with Crippen molar-refractivity contribution in [1.82, 2.24) is 4.90 Å². The highest BCUT2D eigenvalue weighted by Gasteiger charge is 2.28. The third-order valence-corrected chi connectivity index (χ3v) is 4.03. The molecule has 2 aromatic rings. The van der Waals surface area contributed by atoms with Crippen LogP contribution in [-0.4, -0.2) is 23.8 Å². The molecule has 2 nitrogen and oxygen atoms in total. The zero-order chi connectivity index (χ0) is 14.7. The largest absolute Gasteiger partial charge is 0.299 e. The molecule has 21 heavy (non-hydrogen) atoms. The van der Waals surface area contributed by atoms with E-state index < -0.39 is 0 Å². The first-order valence-corrected chi connectivity index (χ1v) is 7.27. The summed E-state index contributed by atoms with van der Waals surface area (Å²) >= 11 is 0. The van der Waals surface area contributed by atoms with Gasteiger partial charge in [-0.05, 0) is 23.3 Å². The van der Waals surface area contributed by atoms with E-state index in [-0.39, 0.29) is 17.5 Å². The summed E-state index contributed by atoms with van der Waals surface area (Å²) in [6, 6.07) is 16.6. The second-order valence-corrected chi connectivity index (χ2v) is 5.54. The van der Waals surface area contributed by atoms with E-state index in [0.717, 1.165) is 18.7 Å². The van der Waals surface area contributed by atoms with Gasteiger partial charge in [-0.2, -0.15) is 0 Å². The Labute approximate surface area is 124 Å². The SMILES string of the molecule is O=C1CCN(Cc2ccccc2)CC1c1ccc(F)cc1. The second kappa shape index (κ2) is 6.19. The van der Waals surface area contributed by atoms with Crippen molar-refractivity contribution in [1.29, 1.82) is 0 Å². The summed E-state index contributed by atoms with van der Waals surface area (Å²) < 4.78 is 13.0. The lowest BCUT2D eigenvalue weighted by molar-refractivity contribution is -0.123. The van der Waals surface area contributed by atoms with Crippen LogP contribution in [0, 0.1) is 5.82 Å². The van der Waals surface area contributed by atoms with Crippen molar-refractivity contribution in [2.75, 3.05) is 13.1 Å². The van der Waals surface area contributed by atoms with Crippen LogP contribution in [-0.2, 0) is 11.3 Å². The van der Waals surface area contributed by atoms with Crippen LogP contribution in [0.4, 0.5) is 4.39 Å². The van der Waals surface area contributed by atoms with Crippen LogP contribution >= 0.6 is 0 Å². The molecule has 1 aliphatic rings. The van der Waals surface area contributed by atoms with Gasteiger partial charge in [0.25, 0.3) is 0 Å². The van der Waals surface area contributed by atoms with E-state index >= 15 is 0 Å². The molecular weight excluding hydrogens is 265 g/mol. The number of ketones is 1. The summed E-state index contributed by atoms with van der Waals surface area (Å²) in [6.45, 7) is 2.36. The van der Waals surface area contributed by atoms with E-state index in [4.69, 9.17) is 0 Å². The number of hydrogen-bond acceptors (Lipinski definition) is 2. The first kappa shape index (κ1) is 14.0. The number of carbonyl (C=O) groups is 1. The third-order valence-electron chi connectivity index (χ3n) is 4.03. The van der Waals surface area contributed by atoms with Gasteiger partial charge in [-0.25, -0.2) is 4.39 Å². The normalized spacial score (nSPS) is 19.7. The lowest BCUT2D eigenvalue weighted by Crippen LogP contribution is -2.39. The number of halogens is 1. The van der Waals surface area contributed by atoms with Gasteiger partial charge in [0.05, 0.1) is 5.92 Å². The van der Waals surface area contributed by atoms with Crippen molar-refractivity contribution < 1.29 is 9.18 Å². The Bertz CT molecular complexity index is 609. The Morgan fingerprint density at radius 3 is 2.48 bits per heavy atom. The van der Waals surface area contributed by atoms with Crippen LogP contribution in [0.3, 0.4) is 0 Å². The van der Waals surface area contributed by atoms with E-state index in [2.05, 4.69) is 17.0 Å². The van der Waals surface area contributed by atoms with Crippen molar-refractivity contribution in [2.24, 2.45) is 0 Å². The number of piperidine rings is 1. The van der Waals surface area contributed by atoms with Crippen molar-refractivity contribution in [3.8, 4) is 0 Å². The van der Waals surface area contributed by atoms with E-state index in [1.165, 1.54) is 17.7 Å². The Morgan fingerprint density at radius 1 is 1.05 bits per heavy atom. The highest BCUT2D eigenvalue weighted by atomic mass is 19.1. The minimum atomic E-state index is -0.261. The minimum absolute atomic E-state index is 0.136. The molecule has 0 N–H and O–H groups in total. The summed E-state index contributed by atoms with van der Waals surface area (Å²) in [5.41, 5.74) is 2.17. The van der Waals surface area contributed by atoms with Gasteiger partial charge in [0, 0.05) is 26.1 Å². The molecule has 1 aliphatic heterocycles. The van der Waals surface area contributed by atoms with Crippen LogP contribution in [0.25, 0.3) is 0 Å². The standard InChI is InChI=1S/C18H18FNO/c19-16-8-6-15(7-9-16)17-13-20(11-10-18(17)21)12-14-4-2-1-3-5-14/h1-9,17H,10-13H2. The maximum absolute atomic E-state index is 13.0. The Morgan fingerprint density at radius 2 is 1.76 bits per heavy atom. The molecule has 1 unspecified atom stereocenters. The number of benzene rings is 2. The fourth-order valence-corrected chi connectivity index (χ4v) is 2.87. The van der Waals surface area contributed by atoms with Crippen LogP contribution in [0.15, 0.2) is 54.6 Å². The number of Topliss-reactive ketones (excluding diaryl/α,β-unsaturated/α-hetero) is 1. The van der Waals surface area contributed by atoms with Gasteiger partial charge in [0.1, 0.15) is 11.6 Å². The second-order valence-electron chi connectivity index (χ2n) is 5.54. The molecule has 1 fully saturated rings. The summed E-state index contributed by atoms with van der Waals surface area (Å²) in [5.74, 6) is -0.142. The number of likely N-dealkylation sites (tertiary alicyclic amines) is 1. The maximum Gasteiger partial charge on any atom is 0.142 e. The number of carbonyl (C=O) groups excluding carboxylic acids is 1. The first-order chi connectivity index (χ1) is 10.2. The minimum Gasteiger partial charge on any atom is -0.299 e. The van der Waals surface area contributed by atoms with Crippen LogP contribution in [0.1, 0.15) is 23.5 Å². The van der Waals surface area contributed by atoms with Crippen LogP contribution in [0.2, 0.25) is 0 Å². The van der Waals surface area contributed by atoms with Gasteiger partial charge in [0.2, 0.25) is 0 Å². The molecule has 0 saturated carbocycles. The maximum atomic E-state index is 13.0. The lowest BCUT2D eigenvalue weighted by atomic mass is 9.89. The predicted molar refractivity (Wildman–Crippen MR) is 80.5 cm³/mol. The number of hydrogen-bond donors (Lipinski definition) is 0. The molecule has 0 spiro atoms. The van der Waals surface area contributed by atoms with E-state index in [1.807, 2.05) is 18.2 Å². The van der Waals surface area contributed by atoms with E-state index in [0.29, 0.717) is 13.0 Å². The molecule has 1 atom stereocenters. The van der Waals surface area contributed by atoms with Crippen LogP contribution < -0.4 is 0 Å². The monoisotopic (exact) mass is 283 g/mol. The van der Waals surface area contributed by atoms with Crippen LogP contribution in [0.5, 0.6) is 0 Å². The fourth-order valence-electron chi connectivity index (χ4n) is 2.87. The predicted octanol–water partition coefficient (Wildman–Crippen LogP) is 3.38. The quantitative estimate of drug-likeness (QED) is 0.860. The van der Waals surface area contributed by atoms with E-state index in [1.54, 1.807) is 12.1 Å². The summed E-state index contributed by atoms with van der Waals surface area (Å²) in [6.07, 6.45) is 0.564. The van der Waals surface area contributed by atoms with Crippen molar-refractivity contribution >= 4 is 5.78 Å². The smallest absolute Gasteiger partial charge is 0.142 e. The molecule has 3 rings (SSSR count). The molecule has 2 aromatic carbocycles. The third kappa shape index (κ3) is 3.37. The van der Waals surface area contributed by atoms with Gasteiger partial charge >= 0.3 is 0 Å². The Kier molecular flexibility index (Phi) is 4.11. The van der Waals surface area contributed by atoms with Gasteiger partial charge in [0.15, 0.2) is 0 Å². The molecule has 1 saturated heterocycles. The van der Waals surface area contributed by atoms with Gasteiger partial charge in [-0.15, -0.1) is 0 Å². The fraction of sp³-hybridized carbons (Fsp3) is 0.278. The summed E-state index contributed by atoms with van der Waals surface area (Å²) in [5, 5.41) is 0. The van der Waals surface area contributed by atoms with Gasteiger partial charge in [-0.3, -0.25) is 9.69 Å². The molecule has 0 bridgehead atoms. The number of nitrogens with zero attached hydrogens (tertiary/aromatic N) is 1. The molecule has 3 heteroatoms. The van der Waals surface area contributed by atoms with Crippen molar-refractivity contribution in [2.45, 2.75) is 18.9 Å². The highest BCUT2D eigenvalue weighted by Crippen LogP contribution is 2.25. The average Bonchev–Trinajstić information content (AvgIpc) is 2.51. The zero-order valence-electron chi connectivity index (χ0n) is 11.8. The average molecular weight is 283 g/mol. The Hall–Kier alpha value is -2.00. The summed E-state index contributed by atoms with van der Waals surface area (Å²) in [4.78, 5) is 14.5. The molecule has 0 aliphatic carbocycles. The van der Waals surface area contributed by atoms with Gasteiger partial charge < -0.3 is 0 Å². The molecule has 0 aromatic heterocycles. The zero-order valence-corrected chi connectivity index (χ0v) is 11.8. The molecule has 0 radical (unpaired) electrons. The summed E-state index contributed by atoms with van der Waals surface area (Å²) in [7, 11) is 0.